The fraction of sp³-hybridized carbons (Fsp3) is 0.500. The number of carbonyl (C=O) groups excluding carboxylic acids is 1. The number of thiazole rings is 1. The van der Waals surface area contributed by atoms with Crippen LogP contribution >= 0.6 is 11.3 Å². The summed E-state index contributed by atoms with van der Waals surface area (Å²) in [6, 6.07) is 6.02. The van der Waals surface area contributed by atoms with E-state index in [2.05, 4.69) is 55.5 Å². The van der Waals surface area contributed by atoms with Crippen molar-refractivity contribution >= 4 is 30.0 Å². The largest absolute Gasteiger partial charge is 0.385 e. The van der Waals surface area contributed by atoms with Gasteiger partial charge in [-0.05, 0) is 54.5 Å². The van der Waals surface area contributed by atoms with Gasteiger partial charge in [0.15, 0.2) is 0 Å². The molecule has 2 rings (SSSR count). The minimum Gasteiger partial charge on any atom is -0.385 e. The minimum absolute atomic E-state index is 0.329. The van der Waals surface area contributed by atoms with Crippen molar-refractivity contribution in [2.24, 2.45) is 4.36 Å². The highest BCUT2D eigenvalue weighted by molar-refractivity contribution is 7.47. The van der Waals surface area contributed by atoms with Crippen LogP contribution in [0.25, 0.3) is 0 Å². The third-order valence-electron chi connectivity index (χ3n) is 4.01. The quantitative estimate of drug-likeness (QED) is 0.650. The Hall–Kier alpha value is -2.01. The lowest BCUT2D eigenvalue weighted by atomic mass is 9.86. The van der Waals surface area contributed by atoms with Gasteiger partial charge < -0.3 is 9.90 Å². The Morgan fingerprint density at radius 3 is 2.00 bits per heavy atom. The van der Waals surface area contributed by atoms with Crippen molar-refractivity contribution in [1.29, 1.82) is 5.26 Å². The number of hydrogen-bond acceptors (Lipinski definition) is 7. The van der Waals surface area contributed by atoms with E-state index in [0.717, 1.165) is 27.9 Å². The molecule has 1 aromatic carbocycles. The van der Waals surface area contributed by atoms with Crippen molar-refractivity contribution in [3.8, 4) is 6.07 Å². The van der Waals surface area contributed by atoms with E-state index in [9.17, 15) is 9.90 Å². The maximum absolute atomic E-state index is 10.8. The highest BCUT2D eigenvalue weighted by atomic mass is 32.1. The third kappa shape index (κ3) is 9.35. The van der Waals surface area contributed by atoms with Gasteiger partial charge in [0, 0.05) is 32.1 Å². The SMILES string of the molecule is CC(C)(O)c1cncs1.CC(C)c1cc(C#N)cc(C(C)C)c1CC=O.CN=S. The number of benzene rings is 1. The molecule has 7 heteroatoms. The lowest BCUT2D eigenvalue weighted by Gasteiger charge is -2.18. The molecular formula is C22H31N3O2S2. The molecule has 0 atom stereocenters. The van der Waals surface area contributed by atoms with E-state index >= 15 is 0 Å². The van der Waals surface area contributed by atoms with Crippen LogP contribution in [-0.2, 0) is 29.2 Å². The molecule has 0 aliphatic heterocycles. The molecule has 158 valence electrons. The van der Waals surface area contributed by atoms with Crippen molar-refractivity contribution in [3.63, 3.8) is 0 Å². The van der Waals surface area contributed by atoms with Crippen LogP contribution in [-0.4, -0.2) is 23.4 Å². The first-order valence-corrected chi connectivity index (χ1v) is 10.6. The molecule has 0 bridgehead atoms. The molecule has 5 nitrogen and oxygen atoms in total. The summed E-state index contributed by atoms with van der Waals surface area (Å²) in [5.74, 6) is 0.659. The summed E-state index contributed by atoms with van der Waals surface area (Å²) in [7, 11) is 1.56. The molecule has 0 fully saturated rings. The Labute approximate surface area is 184 Å². The van der Waals surface area contributed by atoms with Gasteiger partial charge >= 0.3 is 0 Å². The topological polar surface area (TPSA) is 86.3 Å². The number of carbonyl (C=O) groups is 1. The number of aromatic nitrogens is 1. The summed E-state index contributed by atoms with van der Waals surface area (Å²) >= 11 is 5.49. The first kappa shape index (κ1) is 27.0. The van der Waals surface area contributed by atoms with Crippen molar-refractivity contribution in [2.75, 3.05) is 7.05 Å². The zero-order valence-corrected chi connectivity index (χ0v) is 19.9. The van der Waals surface area contributed by atoms with Gasteiger partial charge in [0.25, 0.3) is 0 Å². The van der Waals surface area contributed by atoms with Gasteiger partial charge in [-0.1, -0.05) is 27.7 Å². The van der Waals surface area contributed by atoms with E-state index in [0.29, 0.717) is 23.8 Å². The van der Waals surface area contributed by atoms with Gasteiger partial charge in [0.05, 0.1) is 27.6 Å². The highest BCUT2D eigenvalue weighted by Gasteiger charge is 2.17. The lowest BCUT2D eigenvalue weighted by molar-refractivity contribution is -0.107. The van der Waals surface area contributed by atoms with Gasteiger partial charge in [-0.25, -0.2) is 4.36 Å². The summed E-state index contributed by atoms with van der Waals surface area (Å²) in [5, 5.41) is 18.4. The number of aldehydes is 1. The van der Waals surface area contributed by atoms with E-state index in [1.54, 1.807) is 32.6 Å². The van der Waals surface area contributed by atoms with E-state index < -0.39 is 5.60 Å². The summed E-state index contributed by atoms with van der Waals surface area (Å²) in [6.45, 7) is 11.9. The Kier molecular flexibility index (Phi) is 12.3. The summed E-state index contributed by atoms with van der Waals surface area (Å²) in [6.07, 6.45) is 3.07. The van der Waals surface area contributed by atoms with Gasteiger partial charge in [-0.2, -0.15) is 5.26 Å². The monoisotopic (exact) mass is 433 g/mol. The maximum atomic E-state index is 10.8. The van der Waals surface area contributed by atoms with Crippen molar-refractivity contribution in [1.82, 2.24) is 4.98 Å². The van der Waals surface area contributed by atoms with E-state index in [1.165, 1.54) is 11.3 Å². The molecule has 29 heavy (non-hydrogen) atoms. The first-order chi connectivity index (χ1) is 13.5. The van der Waals surface area contributed by atoms with Crippen LogP contribution < -0.4 is 0 Å². The molecule has 0 unspecified atom stereocenters. The van der Waals surface area contributed by atoms with Crippen molar-refractivity contribution < 1.29 is 9.90 Å². The normalized spacial score (nSPS) is 10.4. The maximum Gasteiger partial charge on any atom is 0.124 e. The Morgan fingerprint density at radius 2 is 1.76 bits per heavy atom. The first-order valence-electron chi connectivity index (χ1n) is 9.36. The molecule has 1 N–H and O–H groups in total. The molecule has 0 saturated carbocycles. The van der Waals surface area contributed by atoms with Gasteiger partial charge in [0.2, 0.25) is 0 Å². The smallest absolute Gasteiger partial charge is 0.124 e. The van der Waals surface area contributed by atoms with Crippen LogP contribution in [0.1, 0.15) is 80.5 Å². The summed E-state index contributed by atoms with van der Waals surface area (Å²) in [4.78, 5) is 15.6. The molecule has 1 aromatic heterocycles. The second-order valence-corrected chi connectivity index (χ2v) is 8.78. The lowest BCUT2D eigenvalue weighted by Crippen LogP contribution is -2.12. The second-order valence-electron chi connectivity index (χ2n) is 7.53. The van der Waals surface area contributed by atoms with E-state index in [-0.39, 0.29) is 0 Å². The Morgan fingerprint density at radius 1 is 1.28 bits per heavy atom. The predicted octanol–water partition coefficient (Wildman–Crippen LogP) is 5.26. The van der Waals surface area contributed by atoms with Crippen LogP contribution in [0.4, 0.5) is 0 Å². The van der Waals surface area contributed by atoms with Crippen LogP contribution in [0.5, 0.6) is 0 Å². The molecule has 1 heterocycles. The number of nitrogens with zero attached hydrogens (tertiary/aromatic N) is 3. The molecule has 0 radical (unpaired) electrons. The van der Waals surface area contributed by atoms with Crippen LogP contribution in [0, 0.1) is 11.3 Å². The number of rotatable bonds is 5. The van der Waals surface area contributed by atoms with Gasteiger partial charge in [-0.15, -0.1) is 11.3 Å². The summed E-state index contributed by atoms with van der Waals surface area (Å²) < 4.78 is 3.08. The predicted molar refractivity (Wildman–Crippen MR) is 122 cm³/mol. The van der Waals surface area contributed by atoms with Crippen LogP contribution in [0.15, 0.2) is 28.2 Å². The minimum atomic E-state index is -0.721. The molecule has 0 amide bonds. The molecule has 2 aromatic rings. The Bertz CT molecular complexity index is 773. The van der Waals surface area contributed by atoms with Crippen molar-refractivity contribution in [3.05, 3.63) is 51.0 Å². The zero-order valence-electron chi connectivity index (χ0n) is 18.3. The van der Waals surface area contributed by atoms with Crippen molar-refractivity contribution in [2.45, 2.75) is 65.4 Å². The number of nitriles is 1. The van der Waals surface area contributed by atoms with Crippen LogP contribution in [0.3, 0.4) is 0 Å². The Balaban J connectivity index is 0.000000544. The molecule has 0 aliphatic rings. The standard InChI is InChI=1S/C15H19NO.C6H9NOS.CH3NS/c1-10(2)14-7-12(9-16)8-15(11(3)4)13(14)5-6-17;1-6(2,8)5-3-7-4-9-5;1-2-3/h6-8,10-11H,5H2,1-4H3;3-4,8H,1-2H3;1H3. The highest BCUT2D eigenvalue weighted by Crippen LogP contribution is 2.29. The molecular weight excluding hydrogens is 402 g/mol. The average Bonchev–Trinajstić information content (AvgIpc) is 3.18. The fourth-order valence-electron chi connectivity index (χ4n) is 2.65. The van der Waals surface area contributed by atoms with E-state index in [4.69, 9.17) is 5.26 Å². The fourth-order valence-corrected chi connectivity index (χ4v) is 3.29. The third-order valence-corrected chi connectivity index (χ3v) is 5.10. The zero-order chi connectivity index (χ0) is 22.6. The second kappa shape index (κ2) is 13.3. The number of hydrogen-bond donors (Lipinski definition) is 1. The van der Waals surface area contributed by atoms with Crippen LogP contribution in [0.2, 0.25) is 0 Å². The van der Waals surface area contributed by atoms with Gasteiger partial charge in [0.1, 0.15) is 6.29 Å². The number of aliphatic hydroxyl groups is 1. The molecule has 0 saturated heterocycles. The average molecular weight is 434 g/mol. The summed E-state index contributed by atoms with van der Waals surface area (Å²) in [5.41, 5.74) is 5.03. The van der Waals surface area contributed by atoms with E-state index in [1.807, 2.05) is 12.1 Å². The van der Waals surface area contributed by atoms with Gasteiger partial charge in [-0.3, -0.25) is 4.98 Å². The molecule has 0 aliphatic carbocycles. The molecule has 0 spiro atoms.